The average molecular weight is 386 g/mol. The number of unbranched alkanes of at least 4 members (excludes halogenated alkanes) is 1. The van der Waals surface area contributed by atoms with E-state index < -0.39 is 0 Å². The molecule has 2 N–H and O–H groups in total. The molecule has 0 aromatic heterocycles. The van der Waals surface area contributed by atoms with E-state index in [0.29, 0.717) is 6.42 Å². The summed E-state index contributed by atoms with van der Waals surface area (Å²) < 4.78 is 0. The molecule has 2 aliphatic rings. The highest BCUT2D eigenvalue weighted by Gasteiger charge is 2.37. The van der Waals surface area contributed by atoms with Crippen molar-refractivity contribution in [1.29, 1.82) is 0 Å². The molecule has 0 radical (unpaired) electrons. The average Bonchev–Trinajstić information content (AvgIpc) is 3.31. The standard InChI is InChI=1S/C25H39NO2/c1-21(20-27)26-25(28)15-13-11-9-7-5-3-2-4-6-8-10-12-14-23-18-22-16-17-24(23)19-22/h2-3,6-9,12,14,21-24,27H,4-5,10-11,13,15-20H2,1H3,(H,26,28)/t21-,22?,23?,24?/m1/s1. The van der Waals surface area contributed by atoms with Gasteiger partial charge in [-0.05, 0) is 76.0 Å². The fourth-order valence-electron chi connectivity index (χ4n) is 4.39. The SMILES string of the molecule is C[C@H](CO)NC(=O)CCCC=CCC=CCC=CCC=CC1CC2CCC1C2. The summed E-state index contributed by atoms with van der Waals surface area (Å²) in [6, 6.07) is -0.152. The zero-order valence-corrected chi connectivity index (χ0v) is 17.6. The van der Waals surface area contributed by atoms with Crippen molar-refractivity contribution in [3.63, 3.8) is 0 Å². The number of carbonyl (C=O) groups excluding carboxylic acids is 1. The van der Waals surface area contributed by atoms with Gasteiger partial charge in [-0.2, -0.15) is 0 Å². The molecule has 4 atom stereocenters. The Morgan fingerprint density at radius 3 is 2.29 bits per heavy atom. The van der Waals surface area contributed by atoms with Gasteiger partial charge < -0.3 is 10.4 Å². The largest absolute Gasteiger partial charge is 0.394 e. The lowest BCUT2D eigenvalue weighted by atomic mass is 9.88. The van der Waals surface area contributed by atoms with Crippen LogP contribution in [0.2, 0.25) is 0 Å². The van der Waals surface area contributed by atoms with E-state index in [-0.39, 0.29) is 18.6 Å². The number of fused-ring (bicyclic) bond motifs is 2. The van der Waals surface area contributed by atoms with E-state index in [4.69, 9.17) is 5.11 Å². The second-order valence-electron chi connectivity index (χ2n) is 8.43. The Hall–Kier alpha value is -1.61. The topological polar surface area (TPSA) is 49.3 Å². The summed E-state index contributed by atoms with van der Waals surface area (Å²) in [5.74, 6) is 2.92. The molecule has 0 aromatic carbocycles. The van der Waals surface area contributed by atoms with Crippen molar-refractivity contribution in [2.75, 3.05) is 6.61 Å². The third-order valence-corrected chi connectivity index (χ3v) is 5.95. The molecule has 2 bridgehead atoms. The number of aliphatic hydroxyl groups excluding tert-OH is 1. The molecule has 2 saturated carbocycles. The second kappa shape index (κ2) is 13.5. The van der Waals surface area contributed by atoms with Gasteiger partial charge in [0.05, 0.1) is 6.61 Å². The van der Waals surface area contributed by atoms with Crippen LogP contribution in [0.15, 0.2) is 48.6 Å². The number of hydrogen-bond donors (Lipinski definition) is 2. The maximum absolute atomic E-state index is 11.5. The van der Waals surface area contributed by atoms with E-state index in [0.717, 1.165) is 49.9 Å². The fraction of sp³-hybridized carbons (Fsp3) is 0.640. The van der Waals surface area contributed by atoms with Crippen LogP contribution < -0.4 is 5.32 Å². The molecule has 0 spiro atoms. The van der Waals surface area contributed by atoms with Gasteiger partial charge in [0.2, 0.25) is 5.91 Å². The van der Waals surface area contributed by atoms with E-state index in [2.05, 4.69) is 53.9 Å². The molecule has 3 nitrogen and oxygen atoms in total. The van der Waals surface area contributed by atoms with Crippen LogP contribution in [-0.4, -0.2) is 23.7 Å². The highest BCUT2D eigenvalue weighted by molar-refractivity contribution is 5.76. The fourth-order valence-corrected chi connectivity index (χ4v) is 4.39. The molecule has 2 rings (SSSR count). The number of aliphatic hydroxyl groups is 1. The molecule has 156 valence electrons. The van der Waals surface area contributed by atoms with Crippen molar-refractivity contribution in [3.05, 3.63) is 48.6 Å². The van der Waals surface area contributed by atoms with Crippen LogP contribution in [-0.2, 0) is 4.79 Å². The number of allylic oxidation sites excluding steroid dienone is 8. The normalized spacial score (nSPS) is 25.7. The molecule has 0 aromatic rings. The number of nitrogens with one attached hydrogen (secondary N) is 1. The molecule has 1 amide bonds. The predicted octanol–water partition coefficient (Wildman–Crippen LogP) is 5.49. The van der Waals surface area contributed by atoms with Crippen LogP contribution in [0.5, 0.6) is 0 Å². The molecule has 2 aliphatic carbocycles. The Morgan fingerprint density at radius 2 is 1.68 bits per heavy atom. The maximum atomic E-state index is 11.5. The summed E-state index contributed by atoms with van der Waals surface area (Å²) in [6.45, 7) is 1.79. The van der Waals surface area contributed by atoms with Crippen LogP contribution in [0.1, 0.15) is 71.1 Å². The molecule has 0 heterocycles. The molecule has 2 fully saturated rings. The van der Waals surface area contributed by atoms with E-state index in [9.17, 15) is 4.79 Å². The van der Waals surface area contributed by atoms with Crippen LogP contribution in [0, 0.1) is 17.8 Å². The second-order valence-corrected chi connectivity index (χ2v) is 8.43. The van der Waals surface area contributed by atoms with Crippen LogP contribution in [0.4, 0.5) is 0 Å². The van der Waals surface area contributed by atoms with Gasteiger partial charge in [-0.3, -0.25) is 4.79 Å². The van der Waals surface area contributed by atoms with E-state index >= 15 is 0 Å². The van der Waals surface area contributed by atoms with Gasteiger partial charge in [-0.1, -0.05) is 55.0 Å². The van der Waals surface area contributed by atoms with Crippen molar-refractivity contribution in [1.82, 2.24) is 5.32 Å². The Morgan fingerprint density at radius 1 is 1.00 bits per heavy atom. The third kappa shape index (κ3) is 9.05. The van der Waals surface area contributed by atoms with E-state index in [1.54, 1.807) is 6.92 Å². The third-order valence-electron chi connectivity index (χ3n) is 5.95. The molecule has 28 heavy (non-hydrogen) atoms. The minimum Gasteiger partial charge on any atom is -0.394 e. The Bertz CT molecular complexity index is 561. The monoisotopic (exact) mass is 385 g/mol. The summed E-state index contributed by atoms with van der Waals surface area (Å²) in [6.07, 6.45) is 29.2. The first kappa shape index (κ1) is 22.7. The Balaban J connectivity index is 1.41. The van der Waals surface area contributed by atoms with Crippen molar-refractivity contribution in [3.8, 4) is 0 Å². The first-order valence-corrected chi connectivity index (χ1v) is 11.2. The quantitative estimate of drug-likeness (QED) is 0.325. The number of rotatable bonds is 13. The minimum absolute atomic E-state index is 0.00880. The highest BCUT2D eigenvalue weighted by atomic mass is 16.3. The minimum atomic E-state index is -0.152. The van der Waals surface area contributed by atoms with Crippen LogP contribution >= 0.6 is 0 Å². The summed E-state index contributed by atoms with van der Waals surface area (Å²) in [5, 5.41) is 11.6. The zero-order valence-electron chi connectivity index (χ0n) is 17.6. The number of amides is 1. The highest BCUT2D eigenvalue weighted by Crippen LogP contribution is 2.48. The van der Waals surface area contributed by atoms with Gasteiger partial charge in [0.15, 0.2) is 0 Å². The lowest BCUT2D eigenvalue weighted by Gasteiger charge is -2.17. The van der Waals surface area contributed by atoms with Crippen molar-refractivity contribution in [2.45, 2.75) is 77.2 Å². The molecular formula is C25H39NO2. The van der Waals surface area contributed by atoms with Gasteiger partial charge in [0.1, 0.15) is 0 Å². The van der Waals surface area contributed by atoms with Crippen LogP contribution in [0.25, 0.3) is 0 Å². The van der Waals surface area contributed by atoms with Crippen molar-refractivity contribution in [2.24, 2.45) is 17.8 Å². The van der Waals surface area contributed by atoms with E-state index in [1.165, 1.54) is 25.7 Å². The molecule has 3 unspecified atom stereocenters. The summed E-state index contributed by atoms with van der Waals surface area (Å²) >= 11 is 0. The number of carbonyl (C=O) groups is 1. The Kier molecular flexibility index (Phi) is 11.0. The maximum Gasteiger partial charge on any atom is 0.220 e. The molecule has 0 saturated heterocycles. The van der Waals surface area contributed by atoms with Gasteiger partial charge in [-0.25, -0.2) is 0 Å². The summed E-state index contributed by atoms with van der Waals surface area (Å²) in [4.78, 5) is 11.5. The molecule has 0 aliphatic heterocycles. The summed E-state index contributed by atoms with van der Waals surface area (Å²) in [7, 11) is 0. The van der Waals surface area contributed by atoms with Gasteiger partial charge >= 0.3 is 0 Å². The van der Waals surface area contributed by atoms with Gasteiger partial charge in [0.25, 0.3) is 0 Å². The van der Waals surface area contributed by atoms with Gasteiger partial charge in [-0.15, -0.1) is 0 Å². The van der Waals surface area contributed by atoms with Crippen molar-refractivity contribution < 1.29 is 9.90 Å². The van der Waals surface area contributed by atoms with E-state index in [1.807, 2.05) is 0 Å². The first-order valence-electron chi connectivity index (χ1n) is 11.2. The predicted molar refractivity (Wildman–Crippen MR) is 118 cm³/mol. The first-order chi connectivity index (χ1) is 13.7. The van der Waals surface area contributed by atoms with Crippen molar-refractivity contribution >= 4 is 5.91 Å². The summed E-state index contributed by atoms with van der Waals surface area (Å²) in [5.41, 5.74) is 0. The molecular weight excluding hydrogens is 346 g/mol. The smallest absolute Gasteiger partial charge is 0.220 e. The lowest BCUT2D eigenvalue weighted by Crippen LogP contribution is -2.34. The zero-order chi connectivity index (χ0) is 20.0. The van der Waals surface area contributed by atoms with Gasteiger partial charge in [0, 0.05) is 12.5 Å². The number of hydrogen-bond acceptors (Lipinski definition) is 2. The molecule has 3 heteroatoms. The Labute approximate surface area is 171 Å². The lowest BCUT2D eigenvalue weighted by molar-refractivity contribution is -0.122. The van der Waals surface area contributed by atoms with Crippen LogP contribution in [0.3, 0.4) is 0 Å².